The Morgan fingerprint density at radius 3 is 2.88 bits per heavy atom. The highest BCUT2D eigenvalue weighted by Crippen LogP contribution is 2.27. The van der Waals surface area contributed by atoms with Gasteiger partial charge in [-0.1, -0.05) is 5.16 Å². The van der Waals surface area contributed by atoms with Gasteiger partial charge in [0.25, 0.3) is 0 Å². The van der Waals surface area contributed by atoms with E-state index in [1.165, 1.54) is 0 Å². The van der Waals surface area contributed by atoms with E-state index < -0.39 is 22.3 Å². The van der Waals surface area contributed by atoms with Crippen molar-refractivity contribution >= 4 is 16.3 Å². The van der Waals surface area contributed by atoms with Crippen molar-refractivity contribution in [2.24, 2.45) is 11.7 Å². The van der Waals surface area contributed by atoms with Gasteiger partial charge in [0.15, 0.2) is 0 Å². The van der Waals surface area contributed by atoms with Crippen LogP contribution in [0.5, 0.6) is 0 Å². The van der Waals surface area contributed by atoms with E-state index in [-0.39, 0.29) is 12.5 Å². The summed E-state index contributed by atoms with van der Waals surface area (Å²) in [6.07, 6.45) is 3.38. The summed E-state index contributed by atoms with van der Waals surface area (Å²) >= 11 is 0. The van der Waals surface area contributed by atoms with Gasteiger partial charge in [0.2, 0.25) is 5.91 Å². The molecule has 1 amide bonds. The van der Waals surface area contributed by atoms with Crippen molar-refractivity contribution in [1.82, 2.24) is 15.5 Å². The second-order valence-corrected chi connectivity index (χ2v) is 7.88. The molecule has 2 aliphatic heterocycles. The summed E-state index contributed by atoms with van der Waals surface area (Å²) in [5, 5.41) is 7.97. The van der Waals surface area contributed by atoms with Crippen LogP contribution < -0.4 is 11.1 Å². The lowest BCUT2D eigenvalue weighted by Crippen LogP contribution is -2.42. The molecule has 0 spiro atoms. The van der Waals surface area contributed by atoms with Crippen molar-refractivity contribution in [3.8, 4) is 0 Å². The molecule has 1 aromatic rings. The van der Waals surface area contributed by atoms with Crippen molar-refractivity contribution in [2.75, 3.05) is 13.1 Å². The standard InChI is InChI=1S/C15H24N4O6S/c16-13(14-7-12(24-18-14)4-1-10-8-17-9-10)5-2-11-3-6-15(20)19(11)25-26(21,22)23/h7,10-11,13,17H,1-6,8-9,16H2,(H,21,22,23)/t11-,13+/m1/s1. The molecule has 0 radical (unpaired) electrons. The number of carbonyl (C=O) groups excluding carboxylic acids is 1. The van der Waals surface area contributed by atoms with Gasteiger partial charge < -0.3 is 15.6 Å². The minimum atomic E-state index is -4.73. The maximum atomic E-state index is 11.7. The number of hydrogen-bond acceptors (Lipinski definition) is 8. The van der Waals surface area contributed by atoms with Crippen LogP contribution in [0.1, 0.15) is 49.6 Å². The Hall–Kier alpha value is -1.53. The lowest BCUT2D eigenvalue weighted by atomic mass is 9.96. The molecule has 2 aliphatic rings. The first-order valence-electron chi connectivity index (χ1n) is 8.72. The van der Waals surface area contributed by atoms with Gasteiger partial charge in [0, 0.05) is 18.9 Å². The largest absolute Gasteiger partial charge is 0.418 e. The second kappa shape index (κ2) is 8.01. The predicted octanol–water partition coefficient (Wildman–Crippen LogP) is 0.332. The quantitative estimate of drug-likeness (QED) is 0.509. The van der Waals surface area contributed by atoms with Gasteiger partial charge in [-0.05, 0) is 44.7 Å². The van der Waals surface area contributed by atoms with Gasteiger partial charge in [0.1, 0.15) is 11.5 Å². The number of nitrogens with one attached hydrogen (secondary N) is 1. The molecule has 0 saturated carbocycles. The zero-order chi connectivity index (χ0) is 18.7. The highest BCUT2D eigenvalue weighted by molar-refractivity contribution is 7.80. The van der Waals surface area contributed by atoms with E-state index in [0.717, 1.165) is 36.8 Å². The molecule has 3 rings (SSSR count). The fraction of sp³-hybridized carbons (Fsp3) is 0.733. The van der Waals surface area contributed by atoms with Crippen LogP contribution in [-0.4, -0.2) is 48.2 Å². The molecule has 3 heterocycles. The molecule has 10 nitrogen and oxygen atoms in total. The van der Waals surface area contributed by atoms with E-state index in [2.05, 4.69) is 14.8 Å². The molecule has 0 bridgehead atoms. The average Bonchev–Trinajstić information content (AvgIpc) is 3.11. The number of aryl methyl sites for hydroxylation is 1. The van der Waals surface area contributed by atoms with E-state index in [1.54, 1.807) is 0 Å². The third-order valence-corrected chi connectivity index (χ3v) is 5.23. The predicted molar refractivity (Wildman–Crippen MR) is 89.8 cm³/mol. The molecular weight excluding hydrogens is 364 g/mol. The number of carbonyl (C=O) groups is 1. The Morgan fingerprint density at radius 1 is 1.46 bits per heavy atom. The zero-order valence-electron chi connectivity index (χ0n) is 14.3. The smallest absolute Gasteiger partial charge is 0.361 e. The summed E-state index contributed by atoms with van der Waals surface area (Å²) in [4.78, 5) is 11.7. The van der Waals surface area contributed by atoms with E-state index >= 15 is 0 Å². The van der Waals surface area contributed by atoms with Gasteiger partial charge in [-0.15, -0.1) is 4.28 Å². The van der Waals surface area contributed by atoms with Gasteiger partial charge >= 0.3 is 10.4 Å². The SMILES string of the molecule is N[C@@H](CC[C@@H]1CCC(=O)N1OS(=O)(=O)O)c1cc(CCC2CNC2)on1. The second-order valence-electron chi connectivity index (χ2n) is 6.88. The summed E-state index contributed by atoms with van der Waals surface area (Å²) in [6, 6.07) is 1.01. The van der Waals surface area contributed by atoms with Crippen LogP contribution in [0, 0.1) is 5.92 Å². The third-order valence-electron chi connectivity index (χ3n) is 4.88. The Morgan fingerprint density at radius 2 is 2.23 bits per heavy atom. The van der Waals surface area contributed by atoms with Crippen LogP contribution in [0.3, 0.4) is 0 Å². The Kier molecular flexibility index (Phi) is 5.92. The Bertz CT molecular complexity index is 732. The summed E-state index contributed by atoms with van der Waals surface area (Å²) in [5.41, 5.74) is 6.78. The zero-order valence-corrected chi connectivity index (χ0v) is 15.2. The molecular formula is C15H24N4O6S. The molecule has 4 N–H and O–H groups in total. The summed E-state index contributed by atoms with van der Waals surface area (Å²) in [5.74, 6) is 1.01. The van der Waals surface area contributed by atoms with E-state index in [9.17, 15) is 13.2 Å². The van der Waals surface area contributed by atoms with Crippen molar-refractivity contribution in [2.45, 2.75) is 50.6 Å². The van der Waals surface area contributed by atoms with Crippen LogP contribution in [0.25, 0.3) is 0 Å². The molecule has 0 unspecified atom stereocenters. The lowest BCUT2D eigenvalue weighted by Gasteiger charge is -2.26. The summed E-state index contributed by atoms with van der Waals surface area (Å²) < 4.78 is 40.2. The van der Waals surface area contributed by atoms with E-state index in [0.29, 0.717) is 30.9 Å². The molecule has 1 aromatic heterocycles. The first-order chi connectivity index (χ1) is 12.3. The van der Waals surface area contributed by atoms with E-state index in [4.69, 9.17) is 14.8 Å². The van der Waals surface area contributed by atoms with E-state index in [1.807, 2.05) is 6.07 Å². The summed E-state index contributed by atoms with van der Waals surface area (Å²) in [6.45, 7) is 2.09. The van der Waals surface area contributed by atoms with Gasteiger partial charge in [0.05, 0.1) is 12.1 Å². The number of amides is 1. The Labute approximate surface area is 151 Å². The highest BCUT2D eigenvalue weighted by atomic mass is 32.3. The monoisotopic (exact) mass is 388 g/mol. The fourth-order valence-corrected chi connectivity index (χ4v) is 3.63. The highest BCUT2D eigenvalue weighted by Gasteiger charge is 2.35. The molecule has 11 heteroatoms. The van der Waals surface area contributed by atoms with Crippen molar-refractivity contribution < 1.29 is 26.6 Å². The number of rotatable bonds is 9. The molecule has 26 heavy (non-hydrogen) atoms. The number of hydrogen-bond donors (Lipinski definition) is 3. The van der Waals surface area contributed by atoms with Crippen LogP contribution in [-0.2, 0) is 25.9 Å². The maximum absolute atomic E-state index is 11.7. The van der Waals surface area contributed by atoms with Crippen LogP contribution in [0.15, 0.2) is 10.6 Å². The lowest BCUT2D eigenvalue weighted by molar-refractivity contribution is -0.157. The van der Waals surface area contributed by atoms with Crippen molar-refractivity contribution in [1.29, 1.82) is 0 Å². The van der Waals surface area contributed by atoms with Crippen molar-refractivity contribution in [3.05, 3.63) is 17.5 Å². The number of hydroxylamine groups is 2. The number of nitrogens with zero attached hydrogens (tertiary/aromatic N) is 2. The van der Waals surface area contributed by atoms with Crippen LogP contribution >= 0.6 is 0 Å². The van der Waals surface area contributed by atoms with Crippen molar-refractivity contribution in [3.63, 3.8) is 0 Å². The molecule has 2 saturated heterocycles. The minimum absolute atomic E-state index is 0.166. The number of nitrogens with two attached hydrogens (primary N) is 1. The minimum Gasteiger partial charge on any atom is -0.361 e. The molecule has 146 valence electrons. The molecule has 2 fully saturated rings. The normalized spacial score (nSPS) is 22.6. The first-order valence-corrected chi connectivity index (χ1v) is 10.1. The van der Waals surface area contributed by atoms with Gasteiger partial charge in [-0.3, -0.25) is 9.35 Å². The topological polar surface area (TPSA) is 148 Å². The Balaban J connectivity index is 1.49. The molecule has 2 atom stereocenters. The van der Waals surface area contributed by atoms with Crippen LogP contribution in [0.2, 0.25) is 0 Å². The van der Waals surface area contributed by atoms with Crippen LogP contribution in [0.4, 0.5) is 0 Å². The van der Waals surface area contributed by atoms with Gasteiger partial charge in [-0.25, -0.2) is 0 Å². The van der Waals surface area contributed by atoms with Gasteiger partial charge in [-0.2, -0.15) is 13.5 Å². The molecule has 0 aromatic carbocycles. The maximum Gasteiger partial charge on any atom is 0.418 e. The summed E-state index contributed by atoms with van der Waals surface area (Å²) in [7, 11) is -4.73. The first kappa shape index (κ1) is 19.2. The molecule has 0 aliphatic carbocycles. The number of aromatic nitrogens is 1. The third kappa shape index (κ3) is 5.01. The fourth-order valence-electron chi connectivity index (χ4n) is 3.23. The average molecular weight is 388 g/mol.